The van der Waals surface area contributed by atoms with Gasteiger partial charge in [-0.3, -0.25) is 9.59 Å². The zero-order valence-corrected chi connectivity index (χ0v) is 15.6. The smallest absolute Gasteiger partial charge is 0.306 e. The number of ether oxygens (including phenoxy) is 3. The molecule has 0 fully saturated rings. The number of nitriles is 1. The molecule has 0 unspecified atom stereocenters. The van der Waals surface area contributed by atoms with Gasteiger partial charge in [0.05, 0.1) is 33.1 Å². The van der Waals surface area contributed by atoms with Crippen LogP contribution in [0, 0.1) is 11.3 Å². The van der Waals surface area contributed by atoms with Crippen molar-refractivity contribution < 1.29 is 28.3 Å². The Balaban J connectivity index is 1.84. The van der Waals surface area contributed by atoms with Gasteiger partial charge in [-0.25, -0.2) is 0 Å². The Labute approximate surface area is 161 Å². The fraction of sp³-hybridized carbons (Fsp3) is 0.389. The molecule has 28 heavy (non-hydrogen) atoms. The van der Waals surface area contributed by atoms with Crippen molar-refractivity contribution >= 4 is 11.9 Å². The van der Waals surface area contributed by atoms with Crippen molar-refractivity contribution in [3.05, 3.63) is 24.1 Å². The van der Waals surface area contributed by atoms with E-state index in [2.05, 4.69) is 15.5 Å². The Kier molecular flexibility index (Phi) is 7.77. The maximum atomic E-state index is 11.7. The van der Waals surface area contributed by atoms with E-state index in [4.69, 9.17) is 24.0 Å². The molecule has 0 aliphatic heterocycles. The Bertz CT molecular complexity index is 858. The molecule has 2 rings (SSSR count). The first-order valence-corrected chi connectivity index (χ1v) is 8.41. The zero-order valence-electron chi connectivity index (χ0n) is 15.6. The number of aromatic nitrogens is 2. The zero-order chi connectivity index (χ0) is 20.4. The predicted octanol–water partition coefficient (Wildman–Crippen LogP) is 1.26. The fourth-order valence-corrected chi connectivity index (χ4v) is 2.19. The first kappa shape index (κ1) is 20.7. The van der Waals surface area contributed by atoms with Crippen LogP contribution in [0.15, 0.2) is 22.7 Å². The van der Waals surface area contributed by atoms with E-state index in [-0.39, 0.29) is 31.7 Å². The van der Waals surface area contributed by atoms with Crippen LogP contribution >= 0.6 is 0 Å². The van der Waals surface area contributed by atoms with Crippen LogP contribution < -0.4 is 14.8 Å². The normalized spacial score (nSPS) is 10.0. The van der Waals surface area contributed by atoms with Gasteiger partial charge in [0.1, 0.15) is 0 Å². The van der Waals surface area contributed by atoms with Crippen LogP contribution in [0.25, 0.3) is 11.4 Å². The minimum atomic E-state index is -0.568. The van der Waals surface area contributed by atoms with Crippen LogP contribution in [0.3, 0.4) is 0 Å². The number of methoxy groups -OCH3 is 2. The Morgan fingerprint density at radius 2 is 2.04 bits per heavy atom. The molecular formula is C18H20N4O6. The number of nitrogens with zero attached hydrogens (tertiary/aromatic N) is 3. The highest BCUT2D eigenvalue weighted by Gasteiger charge is 2.14. The number of hydrogen-bond donors (Lipinski definition) is 1. The lowest BCUT2D eigenvalue weighted by atomic mass is 10.2. The second-order valence-corrected chi connectivity index (χ2v) is 5.50. The molecule has 0 saturated carbocycles. The maximum Gasteiger partial charge on any atom is 0.306 e. The first-order chi connectivity index (χ1) is 13.6. The van der Waals surface area contributed by atoms with Crippen molar-refractivity contribution in [2.75, 3.05) is 27.4 Å². The molecule has 0 radical (unpaired) electrons. The largest absolute Gasteiger partial charge is 0.493 e. The lowest BCUT2D eigenvalue weighted by Gasteiger charge is -2.07. The summed E-state index contributed by atoms with van der Waals surface area (Å²) < 4.78 is 20.4. The van der Waals surface area contributed by atoms with Crippen LogP contribution in [0.2, 0.25) is 0 Å². The summed E-state index contributed by atoms with van der Waals surface area (Å²) in [4.78, 5) is 27.3. The number of aryl methyl sites for hydroxylation is 1. The van der Waals surface area contributed by atoms with Gasteiger partial charge in [0.15, 0.2) is 18.1 Å². The van der Waals surface area contributed by atoms with Crippen molar-refractivity contribution in [1.29, 1.82) is 5.26 Å². The number of esters is 1. The van der Waals surface area contributed by atoms with E-state index in [1.165, 1.54) is 7.11 Å². The van der Waals surface area contributed by atoms with Crippen molar-refractivity contribution in [2.45, 2.75) is 19.3 Å². The molecule has 10 heteroatoms. The van der Waals surface area contributed by atoms with Crippen molar-refractivity contribution in [3.63, 3.8) is 0 Å². The average molecular weight is 388 g/mol. The van der Waals surface area contributed by atoms with Gasteiger partial charge in [-0.1, -0.05) is 5.16 Å². The van der Waals surface area contributed by atoms with Gasteiger partial charge in [-0.05, 0) is 18.2 Å². The molecule has 0 saturated heterocycles. The molecule has 0 aliphatic rings. The van der Waals surface area contributed by atoms with E-state index in [1.807, 2.05) is 6.07 Å². The highest BCUT2D eigenvalue weighted by Crippen LogP contribution is 2.31. The number of carbonyl (C=O) groups is 2. The number of rotatable bonds is 10. The standard InChI is InChI=1S/C18H20N4O6/c1-25-13-5-4-12(10-14(13)26-2)18-21-16(28-22-18)6-7-17(24)27-11-15(23)20-9-3-8-19/h4-5,10H,3,6-7,9,11H2,1-2H3,(H,20,23). The molecule has 148 valence electrons. The Hall–Kier alpha value is -3.61. The lowest BCUT2D eigenvalue weighted by molar-refractivity contribution is -0.148. The van der Waals surface area contributed by atoms with E-state index < -0.39 is 18.5 Å². The van der Waals surface area contributed by atoms with Crippen LogP contribution in [-0.4, -0.2) is 49.4 Å². The summed E-state index contributed by atoms with van der Waals surface area (Å²) >= 11 is 0. The van der Waals surface area contributed by atoms with Crippen molar-refractivity contribution in [3.8, 4) is 29.0 Å². The Morgan fingerprint density at radius 3 is 2.75 bits per heavy atom. The van der Waals surface area contributed by atoms with Gasteiger partial charge in [0.2, 0.25) is 11.7 Å². The third-order valence-corrected chi connectivity index (χ3v) is 3.58. The molecule has 2 aromatic rings. The molecule has 0 atom stereocenters. The Morgan fingerprint density at radius 1 is 1.25 bits per heavy atom. The molecule has 10 nitrogen and oxygen atoms in total. The van der Waals surface area contributed by atoms with E-state index in [9.17, 15) is 9.59 Å². The summed E-state index contributed by atoms with van der Waals surface area (Å²) in [6.45, 7) is -0.182. The summed E-state index contributed by atoms with van der Waals surface area (Å²) in [5, 5.41) is 14.7. The lowest BCUT2D eigenvalue weighted by Crippen LogP contribution is -2.29. The average Bonchev–Trinajstić information content (AvgIpc) is 3.19. The topological polar surface area (TPSA) is 137 Å². The highest BCUT2D eigenvalue weighted by molar-refractivity contribution is 5.80. The minimum Gasteiger partial charge on any atom is -0.493 e. The molecule has 0 bridgehead atoms. The second kappa shape index (κ2) is 10.5. The van der Waals surface area contributed by atoms with Gasteiger partial charge in [-0.15, -0.1) is 0 Å². The molecule has 1 heterocycles. The van der Waals surface area contributed by atoms with Gasteiger partial charge in [-0.2, -0.15) is 10.2 Å². The first-order valence-electron chi connectivity index (χ1n) is 8.41. The van der Waals surface area contributed by atoms with Gasteiger partial charge in [0.25, 0.3) is 5.91 Å². The van der Waals surface area contributed by atoms with Gasteiger partial charge < -0.3 is 24.1 Å². The maximum absolute atomic E-state index is 11.7. The van der Waals surface area contributed by atoms with Crippen LogP contribution in [-0.2, 0) is 20.7 Å². The van der Waals surface area contributed by atoms with Crippen LogP contribution in [0.5, 0.6) is 11.5 Å². The number of benzene rings is 1. The molecular weight excluding hydrogens is 368 g/mol. The van der Waals surface area contributed by atoms with Crippen molar-refractivity contribution in [1.82, 2.24) is 15.5 Å². The summed E-state index contributed by atoms with van der Waals surface area (Å²) in [5.74, 6) is 0.692. The van der Waals surface area contributed by atoms with E-state index in [0.717, 1.165) is 0 Å². The van der Waals surface area contributed by atoms with Crippen LogP contribution in [0.4, 0.5) is 0 Å². The van der Waals surface area contributed by atoms with Gasteiger partial charge >= 0.3 is 5.97 Å². The summed E-state index contributed by atoms with van der Waals surface area (Å²) in [6.07, 6.45) is 0.355. The SMILES string of the molecule is COc1ccc(-c2noc(CCC(=O)OCC(=O)NCCC#N)n2)cc1OC. The molecule has 1 aromatic carbocycles. The predicted molar refractivity (Wildman–Crippen MR) is 95.4 cm³/mol. The van der Waals surface area contributed by atoms with E-state index >= 15 is 0 Å². The summed E-state index contributed by atoms with van der Waals surface area (Å²) in [7, 11) is 3.07. The number of carbonyl (C=O) groups excluding carboxylic acids is 2. The van der Waals surface area contributed by atoms with E-state index in [1.54, 1.807) is 25.3 Å². The number of hydrogen-bond acceptors (Lipinski definition) is 9. The molecule has 0 aliphatic carbocycles. The van der Waals surface area contributed by atoms with Crippen LogP contribution in [0.1, 0.15) is 18.7 Å². The summed E-state index contributed by atoms with van der Waals surface area (Å²) in [5.41, 5.74) is 0.671. The molecule has 1 amide bonds. The quantitative estimate of drug-likeness (QED) is 0.471. The van der Waals surface area contributed by atoms with Crippen molar-refractivity contribution in [2.24, 2.45) is 0 Å². The van der Waals surface area contributed by atoms with Gasteiger partial charge in [0, 0.05) is 18.5 Å². The number of nitrogens with one attached hydrogen (secondary N) is 1. The third kappa shape index (κ3) is 5.98. The molecule has 1 aromatic heterocycles. The fourth-order valence-electron chi connectivity index (χ4n) is 2.19. The second-order valence-electron chi connectivity index (χ2n) is 5.50. The van der Waals surface area contributed by atoms with E-state index in [0.29, 0.717) is 22.9 Å². The highest BCUT2D eigenvalue weighted by atomic mass is 16.5. The molecule has 1 N–H and O–H groups in total. The monoisotopic (exact) mass is 388 g/mol. The summed E-state index contributed by atoms with van der Waals surface area (Å²) in [6, 6.07) is 7.09. The third-order valence-electron chi connectivity index (χ3n) is 3.58. The number of amides is 1. The molecule has 0 spiro atoms. The minimum absolute atomic E-state index is 0.0148.